The summed E-state index contributed by atoms with van der Waals surface area (Å²) < 4.78 is 16.0. The van der Waals surface area contributed by atoms with Crippen LogP contribution in [0.5, 0.6) is 17.2 Å². The van der Waals surface area contributed by atoms with Gasteiger partial charge in [-0.1, -0.05) is 18.2 Å². The molecule has 2 amide bonds. The molecule has 0 atom stereocenters. The van der Waals surface area contributed by atoms with Crippen LogP contribution in [0.1, 0.15) is 12.8 Å². The molecule has 0 bridgehead atoms. The first-order chi connectivity index (χ1) is 12.7. The number of amides is 2. The van der Waals surface area contributed by atoms with Gasteiger partial charge in [-0.3, -0.25) is 9.59 Å². The van der Waals surface area contributed by atoms with E-state index in [1.54, 1.807) is 18.2 Å². The fourth-order valence-electron chi connectivity index (χ4n) is 2.39. The van der Waals surface area contributed by atoms with Crippen LogP contribution in [0, 0.1) is 0 Å². The van der Waals surface area contributed by atoms with Crippen LogP contribution in [0.15, 0.2) is 48.5 Å². The SMILES string of the molecule is O=C(CCCOc1ccccc1)NCC(=O)Nc1ccc2c(c1)OCO2. The van der Waals surface area contributed by atoms with E-state index >= 15 is 0 Å². The number of carbonyl (C=O) groups excluding carboxylic acids is 2. The Labute approximate surface area is 151 Å². The molecule has 26 heavy (non-hydrogen) atoms. The maximum Gasteiger partial charge on any atom is 0.243 e. The number of benzene rings is 2. The largest absolute Gasteiger partial charge is 0.494 e. The van der Waals surface area contributed by atoms with Crippen molar-refractivity contribution in [2.75, 3.05) is 25.3 Å². The van der Waals surface area contributed by atoms with Crippen molar-refractivity contribution in [1.29, 1.82) is 0 Å². The fourth-order valence-corrected chi connectivity index (χ4v) is 2.39. The molecular formula is C19H20N2O5. The number of hydrogen-bond donors (Lipinski definition) is 2. The van der Waals surface area contributed by atoms with Gasteiger partial charge in [-0.25, -0.2) is 0 Å². The number of carbonyl (C=O) groups is 2. The molecule has 2 aromatic carbocycles. The van der Waals surface area contributed by atoms with Gasteiger partial charge in [0, 0.05) is 18.2 Å². The van der Waals surface area contributed by atoms with Crippen LogP contribution >= 0.6 is 0 Å². The van der Waals surface area contributed by atoms with Crippen molar-refractivity contribution >= 4 is 17.5 Å². The third-order valence-corrected chi connectivity index (χ3v) is 3.66. The first-order valence-electron chi connectivity index (χ1n) is 8.35. The lowest BCUT2D eigenvalue weighted by molar-refractivity contribution is -0.124. The van der Waals surface area contributed by atoms with Gasteiger partial charge in [0.2, 0.25) is 18.6 Å². The molecule has 0 aliphatic carbocycles. The topological polar surface area (TPSA) is 85.9 Å². The summed E-state index contributed by atoms with van der Waals surface area (Å²) in [6.07, 6.45) is 0.870. The van der Waals surface area contributed by atoms with Crippen molar-refractivity contribution in [3.8, 4) is 17.2 Å². The number of ether oxygens (including phenoxy) is 3. The summed E-state index contributed by atoms with van der Waals surface area (Å²) in [5, 5.41) is 5.29. The lowest BCUT2D eigenvalue weighted by Gasteiger charge is -2.08. The van der Waals surface area contributed by atoms with E-state index in [0.29, 0.717) is 36.6 Å². The predicted molar refractivity (Wildman–Crippen MR) is 95.4 cm³/mol. The average molecular weight is 356 g/mol. The molecule has 1 heterocycles. The van der Waals surface area contributed by atoms with Crippen molar-refractivity contribution in [3.05, 3.63) is 48.5 Å². The highest BCUT2D eigenvalue weighted by Crippen LogP contribution is 2.34. The summed E-state index contributed by atoms with van der Waals surface area (Å²) in [6, 6.07) is 14.5. The molecule has 7 heteroatoms. The Morgan fingerprint density at radius 2 is 1.81 bits per heavy atom. The fraction of sp³-hybridized carbons (Fsp3) is 0.263. The summed E-state index contributed by atoms with van der Waals surface area (Å²) in [7, 11) is 0. The molecule has 0 spiro atoms. The Hall–Kier alpha value is -3.22. The van der Waals surface area contributed by atoms with Crippen LogP contribution in [0.4, 0.5) is 5.69 Å². The van der Waals surface area contributed by atoms with Gasteiger partial charge in [0.15, 0.2) is 11.5 Å². The number of rotatable bonds is 8. The lowest BCUT2D eigenvalue weighted by atomic mass is 10.2. The van der Waals surface area contributed by atoms with Crippen LogP contribution in [0.25, 0.3) is 0 Å². The molecular weight excluding hydrogens is 336 g/mol. The maximum atomic E-state index is 11.9. The second-order valence-corrected chi connectivity index (χ2v) is 5.66. The van der Waals surface area contributed by atoms with Crippen LogP contribution in [-0.4, -0.2) is 31.8 Å². The zero-order chi connectivity index (χ0) is 18.2. The molecule has 0 aromatic heterocycles. The van der Waals surface area contributed by atoms with Crippen LogP contribution in [-0.2, 0) is 9.59 Å². The van der Waals surface area contributed by atoms with E-state index in [1.165, 1.54) is 0 Å². The molecule has 0 saturated carbocycles. The molecule has 7 nitrogen and oxygen atoms in total. The minimum atomic E-state index is -0.308. The first-order valence-corrected chi connectivity index (χ1v) is 8.35. The van der Waals surface area contributed by atoms with E-state index in [-0.39, 0.29) is 25.2 Å². The number of hydrogen-bond acceptors (Lipinski definition) is 5. The number of nitrogens with one attached hydrogen (secondary N) is 2. The molecule has 0 fully saturated rings. The summed E-state index contributed by atoms with van der Waals surface area (Å²) in [4.78, 5) is 23.7. The second kappa shape index (κ2) is 8.75. The third-order valence-electron chi connectivity index (χ3n) is 3.66. The monoisotopic (exact) mass is 356 g/mol. The van der Waals surface area contributed by atoms with Gasteiger partial charge in [-0.05, 0) is 30.7 Å². The number of anilines is 1. The highest BCUT2D eigenvalue weighted by atomic mass is 16.7. The molecule has 1 aliphatic heterocycles. The van der Waals surface area contributed by atoms with E-state index < -0.39 is 0 Å². The van der Waals surface area contributed by atoms with E-state index in [4.69, 9.17) is 14.2 Å². The van der Waals surface area contributed by atoms with Gasteiger partial charge < -0.3 is 24.8 Å². The molecule has 0 saturated heterocycles. The Kier molecular flexibility index (Phi) is 5.92. The highest BCUT2D eigenvalue weighted by Gasteiger charge is 2.14. The standard InChI is InChI=1S/C19H20N2O5/c22-18(7-4-10-24-15-5-2-1-3-6-15)20-12-19(23)21-14-8-9-16-17(11-14)26-13-25-16/h1-3,5-6,8-9,11H,4,7,10,12-13H2,(H,20,22)(H,21,23). The minimum absolute atomic E-state index is 0.0905. The highest BCUT2D eigenvalue weighted by molar-refractivity contribution is 5.94. The maximum absolute atomic E-state index is 11.9. The van der Waals surface area contributed by atoms with Crippen molar-refractivity contribution in [3.63, 3.8) is 0 Å². The van der Waals surface area contributed by atoms with Crippen LogP contribution in [0.2, 0.25) is 0 Å². The predicted octanol–water partition coefficient (Wildman–Crippen LogP) is 2.33. The molecule has 0 radical (unpaired) electrons. The van der Waals surface area contributed by atoms with Gasteiger partial charge in [0.25, 0.3) is 0 Å². The van der Waals surface area contributed by atoms with Crippen molar-refractivity contribution in [2.24, 2.45) is 0 Å². The Bertz CT molecular complexity index is 764. The van der Waals surface area contributed by atoms with Crippen molar-refractivity contribution in [1.82, 2.24) is 5.32 Å². The molecule has 3 rings (SSSR count). The van der Waals surface area contributed by atoms with Crippen molar-refractivity contribution < 1.29 is 23.8 Å². The van der Waals surface area contributed by atoms with Gasteiger partial charge in [-0.15, -0.1) is 0 Å². The second-order valence-electron chi connectivity index (χ2n) is 5.66. The van der Waals surface area contributed by atoms with Crippen LogP contribution < -0.4 is 24.8 Å². The van der Waals surface area contributed by atoms with E-state index in [9.17, 15) is 9.59 Å². The number of fused-ring (bicyclic) bond motifs is 1. The molecule has 136 valence electrons. The van der Waals surface area contributed by atoms with E-state index in [2.05, 4.69) is 10.6 Å². The smallest absolute Gasteiger partial charge is 0.243 e. The van der Waals surface area contributed by atoms with Crippen molar-refractivity contribution in [2.45, 2.75) is 12.8 Å². The summed E-state index contributed by atoms with van der Waals surface area (Å²) in [5.41, 5.74) is 0.588. The molecule has 1 aliphatic rings. The quantitative estimate of drug-likeness (QED) is 0.709. The van der Waals surface area contributed by atoms with Gasteiger partial charge in [0.1, 0.15) is 5.75 Å². The van der Waals surface area contributed by atoms with Gasteiger partial charge >= 0.3 is 0 Å². The Morgan fingerprint density at radius 1 is 1.00 bits per heavy atom. The molecule has 2 N–H and O–H groups in total. The third kappa shape index (κ3) is 5.14. The summed E-state index contributed by atoms with van der Waals surface area (Å²) >= 11 is 0. The van der Waals surface area contributed by atoms with Crippen LogP contribution in [0.3, 0.4) is 0 Å². The normalized spacial score (nSPS) is 11.7. The summed E-state index contributed by atoms with van der Waals surface area (Å²) in [5.74, 6) is 1.51. The zero-order valence-electron chi connectivity index (χ0n) is 14.2. The number of para-hydroxylation sites is 1. The average Bonchev–Trinajstić information content (AvgIpc) is 3.12. The summed E-state index contributed by atoms with van der Waals surface area (Å²) in [6.45, 7) is 0.532. The van der Waals surface area contributed by atoms with E-state index in [1.807, 2.05) is 30.3 Å². The minimum Gasteiger partial charge on any atom is -0.494 e. The molecule has 0 unspecified atom stereocenters. The Morgan fingerprint density at radius 3 is 2.65 bits per heavy atom. The van der Waals surface area contributed by atoms with Gasteiger partial charge in [0.05, 0.1) is 13.2 Å². The Balaban J connectivity index is 1.32. The molecule has 2 aromatic rings. The first kappa shape index (κ1) is 17.6. The van der Waals surface area contributed by atoms with Gasteiger partial charge in [-0.2, -0.15) is 0 Å². The zero-order valence-corrected chi connectivity index (χ0v) is 14.2. The van der Waals surface area contributed by atoms with E-state index in [0.717, 1.165) is 5.75 Å². The lowest BCUT2D eigenvalue weighted by Crippen LogP contribution is -2.32.